The van der Waals surface area contributed by atoms with Crippen molar-refractivity contribution in [1.82, 2.24) is 10.3 Å². The molecule has 0 saturated heterocycles. The van der Waals surface area contributed by atoms with Crippen LogP contribution in [-0.2, 0) is 11.2 Å². The molecular formula is C19H25N3O2S. The Bertz CT molecular complexity index is 691. The molecule has 0 atom stereocenters. The van der Waals surface area contributed by atoms with E-state index in [1.165, 1.54) is 49.9 Å². The number of hydrogen-bond acceptors (Lipinski definition) is 4. The number of carbonyl (C=O) groups is 2. The van der Waals surface area contributed by atoms with Crippen molar-refractivity contribution in [1.29, 1.82) is 0 Å². The molecule has 2 N–H and O–H groups in total. The van der Waals surface area contributed by atoms with Crippen LogP contribution in [0.15, 0.2) is 0 Å². The first kappa shape index (κ1) is 15.8. The standard InChI is InChI=1S/C19H25N3O2S/c23-15(10-19-7-11-4-12(8-19)6-13(5-11)9-19)22-18-21-14-2-1-3-20-17(24)16(14)25-18/h11-13H,1-10H2,(H,20,24)(H,21,22,23). The normalized spacial score (nSPS) is 35.8. The van der Waals surface area contributed by atoms with E-state index in [9.17, 15) is 9.59 Å². The van der Waals surface area contributed by atoms with Gasteiger partial charge in [-0.2, -0.15) is 0 Å². The van der Waals surface area contributed by atoms with Crippen molar-refractivity contribution in [2.45, 2.75) is 57.8 Å². The lowest BCUT2D eigenvalue weighted by Gasteiger charge is -2.56. The predicted molar refractivity (Wildman–Crippen MR) is 96.6 cm³/mol. The third-order valence-electron chi connectivity index (χ3n) is 6.73. The minimum atomic E-state index is -0.0495. The van der Waals surface area contributed by atoms with Crippen LogP contribution in [-0.4, -0.2) is 23.3 Å². The average Bonchev–Trinajstić information content (AvgIpc) is 2.84. The summed E-state index contributed by atoms with van der Waals surface area (Å²) in [5.41, 5.74) is 1.08. The highest BCUT2D eigenvalue weighted by molar-refractivity contribution is 7.17. The van der Waals surface area contributed by atoms with E-state index in [1.807, 2.05) is 0 Å². The summed E-state index contributed by atoms with van der Waals surface area (Å²) in [6.07, 6.45) is 10.3. The van der Waals surface area contributed by atoms with Crippen LogP contribution < -0.4 is 10.6 Å². The van der Waals surface area contributed by atoms with Crippen LogP contribution in [0.5, 0.6) is 0 Å². The molecule has 1 aliphatic heterocycles. The zero-order chi connectivity index (χ0) is 17.0. The van der Waals surface area contributed by atoms with Gasteiger partial charge in [0.1, 0.15) is 4.88 Å². The van der Waals surface area contributed by atoms with Gasteiger partial charge in [0.2, 0.25) is 5.91 Å². The third kappa shape index (κ3) is 2.88. The van der Waals surface area contributed by atoms with Crippen LogP contribution in [0.4, 0.5) is 5.13 Å². The van der Waals surface area contributed by atoms with Crippen LogP contribution >= 0.6 is 11.3 Å². The number of hydrogen-bond donors (Lipinski definition) is 2. The molecule has 1 aromatic rings. The van der Waals surface area contributed by atoms with Crippen molar-refractivity contribution in [2.75, 3.05) is 11.9 Å². The van der Waals surface area contributed by atoms with Crippen molar-refractivity contribution in [3.05, 3.63) is 10.6 Å². The van der Waals surface area contributed by atoms with Gasteiger partial charge in [-0.3, -0.25) is 9.59 Å². The molecule has 0 radical (unpaired) electrons. The van der Waals surface area contributed by atoms with Crippen molar-refractivity contribution >= 4 is 28.3 Å². The second-order valence-electron chi connectivity index (χ2n) is 8.80. The maximum Gasteiger partial charge on any atom is 0.263 e. The zero-order valence-electron chi connectivity index (χ0n) is 14.5. The van der Waals surface area contributed by atoms with E-state index in [-0.39, 0.29) is 17.2 Å². The Labute approximate surface area is 152 Å². The molecule has 134 valence electrons. The van der Waals surface area contributed by atoms with Crippen LogP contribution in [0.2, 0.25) is 0 Å². The average molecular weight is 359 g/mol. The lowest BCUT2D eigenvalue weighted by molar-refractivity contribution is -0.124. The number of fused-ring (bicyclic) bond motifs is 1. The maximum atomic E-state index is 12.7. The second kappa shape index (κ2) is 5.79. The molecule has 6 heteroatoms. The van der Waals surface area contributed by atoms with Crippen molar-refractivity contribution in [2.24, 2.45) is 23.2 Å². The Morgan fingerprint density at radius 2 is 1.88 bits per heavy atom. The number of nitrogens with one attached hydrogen (secondary N) is 2. The highest BCUT2D eigenvalue weighted by Crippen LogP contribution is 2.61. The van der Waals surface area contributed by atoms with Crippen LogP contribution in [0.3, 0.4) is 0 Å². The van der Waals surface area contributed by atoms with Gasteiger partial charge >= 0.3 is 0 Å². The molecule has 2 amide bonds. The molecule has 0 aromatic carbocycles. The van der Waals surface area contributed by atoms with E-state index >= 15 is 0 Å². The molecule has 6 rings (SSSR count). The van der Waals surface area contributed by atoms with Gasteiger partial charge in [0.15, 0.2) is 5.13 Å². The summed E-state index contributed by atoms with van der Waals surface area (Å²) in [6, 6.07) is 0. The highest BCUT2D eigenvalue weighted by atomic mass is 32.1. The Balaban J connectivity index is 1.28. The number of rotatable bonds is 3. The number of nitrogens with zero attached hydrogens (tertiary/aromatic N) is 1. The van der Waals surface area contributed by atoms with E-state index in [4.69, 9.17) is 0 Å². The summed E-state index contributed by atoms with van der Waals surface area (Å²) in [5.74, 6) is 2.62. The quantitative estimate of drug-likeness (QED) is 0.869. The molecule has 0 spiro atoms. The van der Waals surface area contributed by atoms with E-state index in [0.717, 1.165) is 36.3 Å². The number of anilines is 1. The molecule has 25 heavy (non-hydrogen) atoms. The minimum absolute atomic E-state index is 0.0495. The van der Waals surface area contributed by atoms with Gasteiger partial charge in [0, 0.05) is 13.0 Å². The number of aromatic nitrogens is 1. The number of aryl methyl sites for hydroxylation is 1. The van der Waals surface area contributed by atoms with Crippen LogP contribution in [0, 0.1) is 23.2 Å². The molecule has 1 aromatic heterocycles. The largest absolute Gasteiger partial charge is 0.351 e. The van der Waals surface area contributed by atoms with Crippen molar-refractivity contribution < 1.29 is 9.59 Å². The maximum absolute atomic E-state index is 12.7. The number of thiazole rings is 1. The third-order valence-corrected chi connectivity index (χ3v) is 7.74. The first-order chi connectivity index (χ1) is 12.1. The summed E-state index contributed by atoms with van der Waals surface area (Å²) < 4.78 is 0. The predicted octanol–water partition coefficient (Wildman–Crippen LogP) is 3.36. The van der Waals surface area contributed by atoms with E-state index in [2.05, 4.69) is 15.6 Å². The van der Waals surface area contributed by atoms with Gasteiger partial charge in [-0.1, -0.05) is 11.3 Å². The first-order valence-electron chi connectivity index (χ1n) is 9.66. The molecule has 4 fully saturated rings. The van der Waals surface area contributed by atoms with Gasteiger partial charge < -0.3 is 10.6 Å². The van der Waals surface area contributed by atoms with Crippen molar-refractivity contribution in [3.8, 4) is 0 Å². The molecule has 0 unspecified atom stereocenters. The van der Waals surface area contributed by atoms with E-state index < -0.39 is 0 Å². The first-order valence-corrected chi connectivity index (χ1v) is 10.5. The SMILES string of the molecule is O=C(CC12CC3CC(CC(C3)C1)C2)Nc1nc2c(s1)C(=O)NCCC2. The Hall–Kier alpha value is -1.43. The zero-order valence-corrected chi connectivity index (χ0v) is 15.3. The molecule has 5 aliphatic rings. The van der Waals surface area contributed by atoms with Crippen LogP contribution in [0.1, 0.15) is 66.7 Å². The summed E-state index contributed by atoms with van der Waals surface area (Å²) in [7, 11) is 0. The summed E-state index contributed by atoms with van der Waals surface area (Å²) in [4.78, 5) is 30.0. The summed E-state index contributed by atoms with van der Waals surface area (Å²) >= 11 is 1.32. The Morgan fingerprint density at radius 3 is 2.56 bits per heavy atom. The van der Waals surface area contributed by atoms with Crippen molar-refractivity contribution in [3.63, 3.8) is 0 Å². The number of amides is 2. The van der Waals surface area contributed by atoms with Gasteiger partial charge in [-0.15, -0.1) is 0 Å². The fraction of sp³-hybridized carbons (Fsp3) is 0.737. The molecule has 4 bridgehead atoms. The Morgan fingerprint density at radius 1 is 1.20 bits per heavy atom. The monoisotopic (exact) mass is 359 g/mol. The number of carbonyl (C=O) groups excluding carboxylic acids is 2. The summed E-state index contributed by atoms with van der Waals surface area (Å²) in [5, 5.41) is 6.49. The second-order valence-corrected chi connectivity index (χ2v) is 9.80. The fourth-order valence-corrected chi connectivity index (χ4v) is 7.25. The minimum Gasteiger partial charge on any atom is -0.351 e. The van der Waals surface area contributed by atoms with Gasteiger partial charge in [0.05, 0.1) is 5.69 Å². The molecule has 4 saturated carbocycles. The summed E-state index contributed by atoms with van der Waals surface area (Å²) in [6.45, 7) is 0.704. The smallest absolute Gasteiger partial charge is 0.263 e. The van der Waals surface area contributed by atoms with E-state index in [1.54, 1.807) is 0 Å². The van der Waals surface area contributed by atoms with Gasteiger partial charge in [0.25, 0.3) is 5.91 Å². The van der Waals surface area contributed by atoms with Gasteiger partial charge in [-0.25, -0.2) is 4.98 Å². The lowest BCUT2D eigenvalue weighted by Crippen LogP contribution is -2.47. The molecule has 2 heterocycles. The molecule has 4 aliphatic carbocycles. The molecule has 5 nitrogen and oxygen atoms in total. The lowest BCUT2D eigenvalue weighted by atomic mass is 9.49. The van der Waals surface area contributed by atoms with Gasteiger partial charge in [-0.05, 0) is 74.5 Å². The highest BCUT2D eigenvalue weighted by Gasteiger charge is 2.51. The van der Waals surface area contributed by atoms with E-state index in [0.29, 0.717) is 23.0 Å². The fourth-order valence-electron chi connectivity index (χ4n) is 6.30. The Kier molecular flexibility index (Phi) is 3.66. The van der Waals surface area contributed by atoms with Crippen LogP contribution in [0.25, 0.3) is 0 Å². The molecular weight excluding hydrogens is 334 g/mol. The topological polar surface area (TPSA) is 71.1 Å².